The number of amides is 2. The largest absolute Gasteiger partial charge is 0.379 e. The molecule has 2 aliphatic heterocycles. The molecule has 5 rings (SSSR count). The molecule has 0 aliphatic carbocycles. The highest BCUT2D eigenvalue weighted by Crippen LogP contribution is 2.27. The van der Waals surface area contributed by atoms with Crippen molar-refractivity contribution in [3.05, 3.63) is 86.6 Å². The molecule has 1 aromatic heterocycles. The topological polar surface area (TPSA) is 61.9 Å². The predicted octanol–water partition coefficient (Wildman–Crippen LogP) is 4.34. The van der Waals surface area contributed by atoms with Crippen LogP contribution in [0.4, 0.5) is 5.69 Å². The number of nitrogens with one attached hydrogen (secondary N) is 1. The van der Waals surface area contributed by atoms with E-state index in [2.05, 4.69) is 21.7 Å². The third kappa shape index (κ3) is 4.92. The lowest BCUT2D eigenvalue weighted by molar-refractivity contribution is 0.0342. The summed E-state index contributed by atoms with van der Waals surface area (Å²) in [6, 6.07) is 15.4. The van der Waals surface area contributed by atoms with Crippen LogP contribution in [0.2, 0.25) is 0 Å². The van der Waals surface area contributed by atoms with Gasteiger partial charge in [-0.15, -0.1) is 11.3 Å². The molecular formula is C27H29N3O3S. The molecule has 7 heteroatoms. The molecule has 0 saturated carbocycles. The summed E-state index contributed by atoms with van der Waals surface area (Å²) in [5.41, 5.74) is 5.06. The average Bonchev–Trinajstić information content (AvgIpc) is 3.34. The molecule has 2 aliphatic rings. The maximum Gasteiger partial charge on any atom is 0.255 e. The Hall–Kier alpha value is -3.00. The molecule has 0 radical (unpaired) electrons. The molecule has 6 nitrogen and oxygen atoms in total. The van der Waals surface area contributed by atoms with Gasteiger partial charge in [0.2, 0.25) is 0 Å². The SMILES string of the molecule is Cc1c(NC(=O)c2cccc(CN3CCOCC3)c2)cccc1C(=O)N1CCc2sccc2C1. The average molecular weight is 476 g/mol. The van der Waals surface area contributed by atoms with Crippen molar-refractivity contribution in [3.8, 4) is 0 Å². The summed E-state index contributed by atoms with van der Waals surface area (Å²) in [5, 5.41) is 5.12. The van der Waals surface area contributed by atoms with Gasteiger partial charge in [0.15, 0.2) is 0 Å². The number of hydrogen-bond donors (Lipinski definition) is 1. The van der Waals surface area contributed by atoms with E-state index < -0.39 is 0 Å². The van der Waals surface area contributed by atoms with E-state index in [1.54, 1.807) is 11.3 Å². The summed E-state index contributed by atoms with van der Waals surface area (Å²) in [6.45, 7) is 7.37. The standard InChI is InChI=1S/C27H29N3O3S/c1-19-23(27(32)30-10-8-25-22(18-30)9-15-34-25)6-3-7-24(19)28-26(31)21-5-2-4-20(16-21)17-29-11-13-33-14-12-29/h2-7,9,15-16H,8,10-14,17-18H2,1H3,(H,28,31). The van der Waals surface area contributed by atoms with Crippen LogP contribution in [-0.2, 0) is 24.2 Å². The number of thiophene rings is 1. The van der Waals surface area contributed by atoms with E-state index in [4.69, 9.17) is 4.74 Å². The highest BCUT2D eigenvalue weighted by molar-refractivity contribution is 7.10. The Morgan fingerprint density at radius 2 is 1.88 bits per heavy atom. The van der Waals surface area contributed by atoms with Gasteiger partial charge in [-0.1, -0.05) is 18.2 Å². The first-order chi connectivity index (χ1) is 16.6. The zero-order valence-corrected chi connectivity index (χ0v) is 20.2. The Balaban J connectivity index is 1.29. The molecule has 1 saturated heterocycles. The lowest BCUT2D eigenvalue weighted by Crippen LogP contribution is -2.35. The van der Waals surface area contributed by atoms with Crippen LogP contribution in [0.15, 0.2) is 53.9 Å². The van der Waals surface area contributed by atoms with Crippen molar-refractivity contribution in [3.63, 3.8) is 0 Å². The zero-order chi connectivity index (χ0) is 23.5. The maximum absolute atomic E-state index is 13.3. The number of anilines is 1. The van der Waals surface area contributed by atoms with Gasteiger partial charge in [0.1, 0.15) is 0 Å². The third-order valence-electron chi connectivity index (χ3n) is 6.61. The van der Waals surface area contributed by atoms with E-state index in [0.29, 0.717) is 23.4 Å². The Morgan fingerprint density at radius 1 is 1.06 bits per heavy atom. The number of benzene rings is 2. The fourth-order valence-electron chi connectivity index (χ4n) is 4.62. The maximum atomic E-state index is 13.3. The second kappa shape index (κ2) is 10.1. The normalized spacial score (nSPS) is 16.2. The minimum atomic E-state index is -0.169. The lowest BCUT2D eigenvalue weighted by Gasteiger charge is -2.28. The first-order valence-electron chi connectivity index (χ1n) is 11.7. The third-order valence-corrected chi connectivity index (χ3v) is 7.63. The predicted molar refractivity (Wildman–Crippen MR) is 134 cm³/mol. The van der Waals surface area contributed by atoms with Gasteiger partial charge in [-0.25, -0.2) is 0 Å². The van der Waals surface area contributed by atoms with E-state index in [1.165, 1.54) is 10.4 Å². The van der Waals surface area contributed by atoms with Crippen molar-refractivity contribution in [2.24, 2.45) is 0 Å². The van der Waals surface area contributed by atoms with Gasteiger partial charge in [0, 0.05) is 54.4 Å². The monoisotopic (exact) mass is 475 g/mol. The van der Waals surface area contributed by atoms with Crippen LogP contribution in [0.5, 0.6) is 0 Å². The van der Waals surface area contributed by atoms with E-state index in [9.17, 15) is 9.59 Å². The van der Waals surface area contributed by atoms with Crippen LogP contribution in [-0.4, -0.2) is 54.5 Å². The molecule has 3 aromatic rings. The highest BCUT2D eigenvalue weighted by Gasteiger charge is 2.24. The van der Waals surface area contributed by atoms with Crippen molar-refractivity contribution in [1.82, 2.24) is 9.80 Å². The molecule has 1 fully saturated rings. The summed E-state index contributed by atoms with van der Waals surface area (Å²) in [4.78, 5) is 32.0. The van der Waals surface area contributed by atoms with E-state index >= 15 is 0 Å². The Bertz CT molecular complexity index is 1200. The second-order valence-corrected chi connectivity index (χ2v) is 9.87. The number of rotatable bonds is 5. The van der Waals surface area contributed by atoms with Crippen LogP contribution in [0, 0.1) is 6.92 Å². The Labute approximate surface area is 204 Å². The number of carbonyl (C=O) groups is 2. The molecule has 0 atom stereocenters. The van der Waals surface area contributed by atoms with Gasteiger partial charge in [-0.05, 0) is 65.7 Å². The van der Waals surface area contributed by atoms with Crippen molar-refractivity contribution in [2.75, 3.05) is 38.2 Å². The fourth-order valence-corrected chi connectivity index (χ4v) is 5.51. The molecule has 0 spiro atoms. The second-order valence-electron chi connectivity index (χ2n) is 8.87. The van der Waals surface area contributed by atoms with E-state index in [0.717, 1.165) is 56.9 Å². The van der Waals surface area contributed by atoms with Crippen LogP contribution in [0.3, 0.4) is 0 Å². The summed E-state index contributed by atoms with van der Waals surface area (Å²) in [7, 11) is 0. The van der Waals surface area contributed by atoms with Crippen LogP contribution < -0.4 is 5.32 Å². The minimum absolute atomic E-state index is 0.0120. The molecule has 176 valence electrons. The van der Waals surface area contributed by atoms with Crippen molar-refractivity contribution in [2.45, 2.75) is 26.4 Å². The van der Waals surface area contributed by atoms with E-state index in [1.807, 2.05) is 54.3 Å². The highest BCUT2D eigenvalue weighted by atomic mass is 32.1. The smallest absolute Gasteiger partial charge is 0.255 e. The molecule has 0 unspecified atom stereocenters. The first kappa shape index (κ1) is 22.8. The summed E-state index contributed by atoms with van der Waals surface area (Å²) in [6.07, 6.45) is 0.898. The van der Waals surface area contributed by atoms with Gasteiger partial charge in [-0.3, -0.25) is 14.5 Å². The number of nitrogens with zero attached hydrogens (tertiary/aromatic N) is 2. The minimum Gasteiger partial charge on any atom is -0.379 e. The number of ether oxygens (including phenoxy) is 1. The molecule has 1 N–H and O–H groups in total. The number of fused-ring (bicyclic) bond motifs is 1. The number of morpholine rings is 1. The lowest BCUT2D eigenvalue weighted by atomic mass is 10.0. The number of carbonyl (C=O) groups excluding carboxylic acids is 2. The van der Waals surface area contributed by atoms with Gasteiger partial charge >= 0.3 is 0 Å². The summed E-state index contributed by atoms with van der Waals surface area (Å²) in [5.74, 6) is -0.157. The Morgan fingerprint density at radius 3 is 2.74 bits per heavy atom. The summed E-state index contributed by atoms with van der Waals surface area (Å²) >= 11 is 1.76. The number of hydrogen-bond acceptors (Lipinski definition) is 5. The fraction of sp³-hybridized carbons (Fsp3) is 0.333. The molecule has 2 amide bonds. The quantitative estimate of drug-likeness (QED) is 0.596. The molecule has 34 heavy (non-hydrogen) atoms. The van der Waals surface area contributed by atoms with Gasteiger partial charge in [0.25, 0.3) is 11.8 Å². The first-order valence-corrected chi connectivity index (χ1v) is 12.6. The van der Waals surface area contributed by atoms with Crippen molar-refractivity contribution >= 4 is 28.8 Å². The van der Waals surface area contributed by atoms with Gasteiger partial charge in [-0.2, -0.15) is 0 Å². The van der Waals surface area contributed by atoms with E-state index in [-0.39, 0.29) is 11.8 Å². The summed E-state index contributed by atoms with van der Waals surface area (Å²) < 4.78 is 5.42. The van der Waals surface area contributed by atoms with Crippen LogP contribution in [0.1, 0.15) is 42.3 Å². The molecule has 2 aromatic carbocycles. The van der Waals surface area contributed by atoms with Crippen LogP contribution in [0.25, 0.3) is 0 Å². The van der Waals surface area contributed by atoms with Gasteiger partial charge < -0.3 is 15.0 Å². The molecule has 0 bridgehead atoms. The van der Waals surface area contributed by atoms with Crippen molar-refractivity contribution < 1.29 is 14.3 Å². The van der Waals surface area contributed by atoms with Gasteiger partial charge in [0.05, 0.1) is 13.2 Å². The molecule has 3 heterocycles. The van der Waals surface area contributed by atoms with Crippen LogP contribution >= 0.6 is 11.3 Å². The zero-order valence-electron chi connectivity index (χ0n) is 19.4. The molecular weight excluding hydrogens is 446 g/mol. The Kier molecular flexibility index (Phi) is 6.76. The van der Waals surface area contributed by atoms with Crippen molar-refractivity contribution in [1.29, 1.82) is 0 Å².